The number of nitrogens with one attached hydrogen (secondary N) is 1. The molecule has 0 unspecified atom stereocenters. The number of nitrogens with zero attached hydrogens (tertiary/aromatic N) is 1. The first kappa shape index (κ1) is 14.8. The molecule has 1 aliphatic heterocycles. The molecule has 3 heteroatoms. The molecule has 1 aromatic heterocycles. The number of hydrogen-bond acceptors (Lipinski definition) is 3. The molecular weight excluding hydrogens is 276 g/mol. The van der Waals surface area contributed by atoms with Gasteiger partial charge in [-0.25, -0.2) is 0 Å². The molecule has 0 saturated heterocycles. The normalized spacial score (nSPS) is 14.6. The van der Waals surface area contributed by atoms with E-state index in [1.165, 1.54) is 32.9 Å². The van der Waals surface area contributed by atoms with E-state index in [0.717, 1.165) is 32.7 Å². The Morgan fingerprint density at radius 2 is 1.90 bits per heavy atom. The summed E-state index contributed by atoms with van der Waals surface area (Å²) in [5.41, 5.74) is 4.49. The summed E-state index contributed by atoms with van der Waals surface area (Å²) in [5.74, 6) is 0. The van der Waals surface area contributed by atoms with Crippen molar-refractivity contribution in [1.82, 2.24) is 10.2 Å². The van der Waals surface area contributed by atoms with Gasteiger partial charge in [-0.05, 0) is 42.6 Å². The molecule has 2 nitrogen and oxygen atoms in total. The SMILES string of the molecule is CCCNCc1cc(CN2Cc3ccccc3C2)c(C)s1. The van der Waals surface area contributed by atoms with Crippen molar-refractivity contribution < 1.29 is 0 Å². The van der Waals surface area contributed by atoms with Crippen LogP contribution in [-0.2, 0) is 26.2 Å². The maximum Gasteiger partial charge on any atom is 0.0299 e. The van der Waals surface area contributed by atoms with Gasteiger partial charge < -0.3 is 5.32 Å². The maximum atomic E-state index is 3.50. The first-order valence-electron chi connectivity index (χ1n) is 7.84. The molecule has 0 atom stereocenters. The van der Waals surface area contributed by atoms with Gasteiger partial charge in [0.1, 0.15) is 0 Å². The van der Waals surface area contributed by atoms with Crippen LogP contribution >= 0.6 is 11.3 Å². The molecular formula is C18H24N2S. The second-order valence-electron chi connectivity index (χ2n) is 5.88. The Bertz CT molecular complexity index is 578. The predicted octanol–water partition coefficient (Wildman–Crippen LogP) is 4.07. The average molecular weight is 300 g/mol. The van der Waals surface area contributed by atoms with Crippen molar-refractivity contribution in [1.29, 1.82) is 0 Å². The van der Waals surface area contributed by atoms with Crippen molar-refractivity contribution in [2.75, 3.05) is 6.54 Å². The van der Waals surface area contributed by atoms with Crippen molar-refractivity contribution in [3.8, 4) is 0 Å². The van der Waals surface area contributed by atoms with Gasteiger partial charge >= 0.3 is 0 Å². The Hall–Kier alpha value is -1.16. The molecule has 1 N–H and O–H groups in total. The molecule has 0 bridgehead atoms. The summed E-state index contributed by atoms with van der Waals surface area (Å²) in [4.78, 5) is 5.48. The van der Waals surface area contributed by atoms with Crippen molar-refractivity contribution in [2.24, 2.45) is 0 Å². The second kappa shape index (κ2) is 6.73. The number of rotatable bonds is 6. The maximum absolute atomic E-state index is 3.50. The minimum atomic E-state index is 1.01. The van der Waals surface area contributed by atoms with Crippen molar-refractivity contribution >= 4 is 11.3 Å². The molecule has 21 heavy (non-hydrogen) atoms. The summed E-state index contributed by atoms with van der Waals surface area (Å²) in [6.07, 6.45) is 1.20. The Kier molecular flexibility index (Phi) is 4.73. The minimum Gasteiger partial charge on any atom is -0.312 e. The number of thiophene rings is 1. The van der Waals surface area contributed by atoms with E-state index < -0.39 is 0 Å². The van der Waals surface area contributed by atoms with Crippen LogP contribution in [0.1, 0.15) is 39.8 Å². The molecule has 3 rings (SSSR count). The van der Waals surface area contributed by atoms with E-state index in [0.29, 0.717) is 0 Å². The fourth-order valence-electron chi connectivity index (χ4n) is 2.98. The lowest BCUT2D eigenvalue weighted by Crippen LogP contribution is -2.15. The van der Waals surface area contributed by atoms with E-state index in [-0.39, 0.29) is 0 Å². The lowest BCUT2D eigenvalue weighted by molar-refractivity contribution is 0.275. The third-order valence-electron chi connectivity index (χ3n) is 4.10. The van der Waals surface area contributed by atoms with Crippen LogP contribution < -0.4 is 5.32 Å². The largest absolute Gasteiger partial charge is 0.312 e. The van der Waals surface area contributed by atoms with Crippen LogP contribution in [0.4, 0.5) is 0 Å². The Labute approximate surface area is 131 Å². The average Bonchev–Trinajstić information content (AvgIpc) is 3.03. The zero-order valence-corrected chi connectivity index (χ0v) is 13.8. The van der Waals surface area contributed by atoms with E-state index in [1.807, 2.05) is 11.3 Å². The number of fused-ring (bicyclic) bond motifs is 1. The highest BCUT2D eigenvalue weighted by Gasteiger charge is 2.19. The number of hydrogen-bond donors (Lipinski definition) is 1. The van der Waals surface area contributed by atoms with Crippen molar-refractivity contribution in [3.05, 3.63) is 56.8 Å². The Morgan fingerprint density at radius 3 is 2.57 bits per heavy atom. The van der Waals surface area contributed by atoms with Gasteiger partial charge in [-0.1, -0.05) is 31.2 Å². The van der Waals surface area contributed by atoms with Crippen LogP contribution in [0.15, 0.2) is 30.3 Å². The zero-order chi connectivity index (χ0) is 14.7. The van der Waals surface area contributed by atoms with Crippen molar-refractivity contribution in [2.45, 2.75) is 46.4 Å². The van der Waals surface area contributed by atoms with Crippen LogP contribution in [0.25, 0.3) is 0 Å². The van der Waals surface area contributed by atoms with Gasteiger partial charge in [0.15, 0.2) is 0 Å². The van der Waals surface area contributed by atoms with Crippen LogP contribution in [0, 0.1) is 6.92 Å². The van der Waals surface area contributed by atoms with E-state index in [9.17, 15) is 0 Å². The highest BCUT2D eigenvalue weighted by atomic mass is 32.1. The second-order valence-corrected chi connectivity index (χ2v) is 7.23. The Morgan fingerprint density at radius 1 is 1.19 bits per heavy atom. The van der Waals surface area contributed by atoms with Crippen molar-refractivity contribution in [3.63, 3.8) is 0 Å². The van der Waals surface area contributed by atoms with Crippen LogP contribution in [0.2, 0.25) is 0 Å². The molecule has 1 aromatic carbocycles. The molecule has 0 saturated carbocycles. The summed E-state index contributed by atoms with van der Waals surface area (Å²) in [7, 11) is 0. The molecule has 2 aromatic rings. The standard InChI is InChI=1S/C18H24N2S/c1-3-8-19-10-18-9-17(14(2)21-18)13-20-11-15-6-4-5-7-16(15)12-20/h4-7,9,19H,3,8,10-13H2,1-2H3. The Balaban J connectivity index is 1.61. The molecule has 0 radical (unpaired) electrons. The first-order chi connectivity index (χ1) is 10.3. The molecule has 0 amide bonds. The van der Waals surface area contributed by atoms with E-state index in [4.69, 9.17) is 0 Å². The number of benzene rings is 1. The smallest absolute Gasteiger partial charge is 0.0299 e. The summed E-state index contributed by atoms with van der Waals surface area (Å²) < 4.78 is 0. The summed E-state index contributed by atoms with van der Waals surface area (Å²) in [6.45, 7) is 9.84. The van der Waals surface area contributed by atoms with Gasteiger partial charge in [-0.15, -0.1) is 11.3 Å². The summed E-state index contributed by atoms with van der Waals surface area (Å²) in [6, 6.07) is 11.2. The molecule has 0 fully saturated rings. The van der Waals surface area contributed by atoms with Crippen LogP contribution in [0.5, 0.6) is 0 Å². The number of aryl methyl sites for hydroxylation is 1. The molecule has 112 valence electrons. The van der Waals surface area contributed by atoms with E-state index >= 15 is 0 Å². The quantitative estimate of drug-likeness (QED) is 0.809. The molecule has 0 spiro atoms. The van der Waals surface area contributed by atoms with Gasteiger partial charge in [0, 0.05) is 35.9 Å². The fraction of sp³-hybridized carbons (Fsp3) is 0.444. The lowest BCUT2D eigenvalue weighted by Gasteiger charge is -2.14. The van der Waals surface area contributed by atoms with Gasteiger partial charge in [0.2, 0.25) is 0 Å². The van der Waals surface area contributed by atoms with Crippen LogP contribution in [0.3, 0.4) is 0 Å². The highest BCUT2D eigenvalue weighted by molar-refractivity contribution is 7.12. The fourth-order valence-corrected chi connectivity index (χ4v) is 4.00. The van der Waals surface area contributed by atoms with E-state index in [1.54, 1.807) is 0 Å². The third kappa shape index (κ3) is 3.54. The topological polar surface area (TPSA) is 15.3 Å². The van der Waals surface area contributed by atoms with Gasteiger partial charge in [0.05, 0.1) is 0 Å². The molecule has 1 aliphatic rings. The van der Waals surface area contributed by atoms with Gasteiger partial charge in [0.25, 0.3) is 0 Å². The monoisotopic (exact) mass is 300 g/mol. The van der Waals surface area contributed by atoms with E-state index in [2.05, 4.69) is 54.4 Å². The van der Waals surface area contributed by atoms with Crippen LogP contribution in [-0.4, -0.2) is 11.4 Å². The van der Waals surface area contributed by atoms with Gasteiger partial charge in [-0.3, -0.25) is 4.90 Å². The van der Waals surface area contributed by atoms with Gasteiger partial charge in [-0.2, -0.15) is 0 Å². The summed E-state index contributed by atoms with van der Waals surface area (Å²) >= 11 is 1.94. The predicted molar refractivity (Wildman–Crippen MR) is 90.4 cm³/mol. The third-order valence-corrected chi connectivity index (χ3v) is 5.19. The highest BCUT2D eigenvalue weighted by Crippen LogP contribution is 2.28. The zero-order valence-electron chi connectivity index (χ0n) is 13.0. The molecule has 2 heterocycles. The molecule has 0 aliphatic carbocycles. The summed E-state index contributed by atoms with van der Waals surface area (Å²) in [5, 5.41) is 3.50. The first-order valence-corrected chi connectivity index (χ1v) is 8.66. The lowest BCUT2D eigenvalue weighted by atomic mass is 10.1. The minimum absolute atomic E-state index is 1.01.